The van der Waals surface area contributed by atoms with Gasteiger partial charge < -0.3 is 0 Å². The summed E-state index contributed by atoms with van der Waals surface area (Å²) in [6.07, 6.45) is 5.09. The molecule has 1 heterocycles. The minimum Gasteiger partial charge on any atom is -0.252 e. The zero-order valence-corrected chi connectivity index (χ0v) is 9.67. The Morgan fingerprint density at radius 1 is 1.50 bits per heavy atom. The fourth-order valence-electron chi connectivity index (χ4n) is 1.20. The van der Waals surface area contributed by atoms with Crippen LogP contribution in [0.4, 0.5) is 0 Å². The lowest BCUT2D eigenvalue weighted by atomic mass is 10.1. The van der Waals surface area contributed by atoms with E-state index in [1.807, 2.05) is 10.9 Å². The standard InChI is InChI=1S/C10H18ClN3/c1-9(2)5-7-14-8-10(12-13-14)4-3-6-11/h8-9H,3-7H2,1-2H3. The van der Waals surface area contributed by atoms with Crippen molar-refractivity contribution >= 4 is 11.6 Å². The zero-order valence-electron chi connectivity index (χ0n) is 8.91. The molecule has 1 aromatic rings. The third-order valence-corrected chi connectivity index (χ3v) is 2.36. The molecule has 80 valence electrons. The lowest BCUT2D eigenvalue weighted by Crippen LogP contribution is -2.01. The Labute approximate surface area is 90.4 Å². The van der Waals surface area contributed by atoms with E-state index >= 15 is 0 Å². The first-order valence-electron chi connectivity index (χ1n) is 5.17. The fraction of sp³-hybridized carbons (Fsp3) is 0.800. The van der Waals surface area contributed by atoms with Crippen LogP contribution in [0.1, 0.15) is 32.4 Å². The van der Waals surface area contributed by atoms with E-state index in [0.717, 1.165) is 31.5 Å². The molecule has 0 fully saturated rings. The normalized spacial score (nSPS) is 11.1. The minimum absolute atomic E-state index is 0.693. The second kappa shape index (κ2) is 6.02. The molecule has 0 radical (unpaired) electrons. The number of alkyl halides is 1. The average Bonchev–Trinajstić information content (AvgIpc) is 2.59. The molecule has 4 heteroatoms. The summed E-state index contributed by atoms with van der Waals surface area (Å²) in [6, 6.07) is 0. The van der Waals surface area contributed by atoms with E-state index in [4.69, 9.17) is 11.6 Å². The lowest BCUT2D eigenvalue weighted by molar-refractivity contribution is 0.478. The zero-order chi connectivity index (χ0) is 10.4. The van der Waals surface area contributed by atoms with Gasteiger partial charge in [-0.05, 0) is 25.2 Å². The van der Waals surface area contributed by atoms with Crippen LogP contribution < -0.4 is 0 Å². The molecule has 3 nitrogen and oxygen atoms in total. The molecule has 1 aromatic heterocycles. The maximum Gasteiger partial charge on any atom is 0.0827 e. The summed E-state index contributed by atoms with van der Waals surface area (Å²) in [5.74, 6) is 1.41. The third-order valence-electron chi connectivity index (χ3n) is 2.09. The van der Waals surface area contributed by atoms with E-state index in [1.165, 1.54) is 0 Å². The van der Waals surface area contributed by atoms with Crippen molar-refractivity contribution in [2.75, 3.05) is 5.88 Å². The highest BCUT2D eigenvalue weighted by Crippen LogP contribution is 2.03. The van der Waals surface area contributed by atoms with Gasteiger partial charge in [0, 0.05) is 18.6 Å². The average molecular weight is 216 g/mol. The number of nitrogens with zero attached hydrogens (tertiary/aromatic N) is 3. The van der Waals surface area contributed by atoms with Gasteiger partial charge in [-0.2, -0.15) is 0 Å². The first-order valence-corrected chi connectivity index (χ1v) is 5.70. The maximum absolute atomic E-state index is 5.61. The number of rotatable bonds is 6. The molecule has 0 unspecified atom stereocenters. The van der Waals surface area contributed by atoms with E-state index < -0.39 is 0 Å². The summed E-state index contributed by atoms with van der Waals surface area (Å²) in [6.45, 7) is 5.39. The second-order valence-electron chi connectivity index (χ2n) is 3.95. The largest absolute Gasteiger partial charge is 0.252 e. The van der Waals surface area contributed by atoms with Gasteiger partial charge in [0.2, 0.25) is 0 Å². The molecule has 0 bridgehead atoms. The van der Waals surface area contributed by atoms with Gasteiger partial charge in [-0.1, -0.05) is 19.1 Å². The maximum atomic E-state index is 5.61. The second-order valence-corrected chi connectivity index (χ2v) is 4.33. The SMILES string of the molecule is CC(C)CCn1cc(CCCCl)nn1. The van der Waals surface area contributed by atoms with Crippen LogP contribution in [0.25, 0.3) is 0 Å². The van der Waals surface area contributed by atoms with Crippen LogP contribution in [0, 0.1) is 5.92 Å². The van der Waals surface area contributed by atoms with Crippen LogP contribution in [0.15, 0.2) is 6.20 Å². The number of aromatic nitrogens is 3. The molecule has 1 rings (SSSR count). The van der Waals surface area contributed by atoms with Crippen molar-refractivity contribution in [2.24, 2.45) is 5.92 Å². The van der Waals surface area contributed by atoms with Crippen molar-refractivity contribution < 1.29 is 0 Å². The molecule has 0 aliphatic rings. The summed E-state index contributed by atoms with van der Waals surface area (Å²) in [5.41, 5.74) is 1.05. The molecule has 0 N–H and O–H groups in total. The van der Waals surface area contributed by atoms with Gasteiger partial charge in [-0.25, -0.2) is 0 Å². The van der Waals surface area contributed by atoms with Crippen molar-refractivity contribution in [1.29, 1.82) is 0 Å². The van der Waals surface area contributed by atoms with Crippen LogP contribution >= 0.6 is 11.6 Å². The van der Waals surface area contributed by atoms with Gasteiger partial charge in [0.25, 0.3) is 0 Å². The van der Waals surface area contributed by atoms with E-state index in [0.29, 0.717) is 11.8 Å². The third kappa shape index (κ3) is 4.09. The number of hydrogen-bond donors (Lipinski definition) is 0. The molecular weight excluding hydrogens is 198 g/mol. The Morgan fingerprint density at radius 2 is 2.29 bits per heavy atom. The van der Waals surface area contributed by atoms with Crippen molar-refractivity contribution in [2.45, 2.75) is 39.7 Å². The molecule has 0 saturated carbocycles. The van der Waals surface area contributed by atoms with E-state index in [2.05, 4.69) is 24.2 Å². The number of halogens is 1. The highest BCUT2D eigenvalue weighted by atomic mass is 35.5. The van der Waals surface area contributed by atoms with Crippen LogP contribution in [-0.2, 0) is 13.0 Å². The van der Waals surface area contributed by atoms with Gasteiger partial charge in [0.15, 0.2) is 0 Å². The Hall–Kier alpha value is -0.570. The van der Waals surface area contributed by atoms with Crippen molar-refractivity contribution in [3.05, 3.63) is 11.9 Å². The fourth-order valence-corrected chi connectivity index (χ4v) is 1.33. The van der Waals surface area contributed by atoms with E-state index in [9.17, 15) is 0 Å². The molecule has 14 heavy (non-hydrogen) atoms. The smallest absolute Gasteiger partial charge is 0.0827 e. The molecule has 0 aromatic carbocycles. The summed E-state index contributed by atoms with van der Waals surface area (Å²) < 4.78 is 1.92. The van der Waals surface area contributed by atoms with Crippen LogP contribution in [0.2, 0.25) is 0 Å². The predicted octanol–water partition coefficient (Wildman–Crippen LogP) is 2.50. The van der Waals surface area contributed by atoms with Crippen molar-refractivity contribution in [1.82, 2.24) is 15.0 Å². The van der Waals surface area contributed by atoms with Crippen molar-refractivity contribution in [3.8, 4) is 0 Å². The molecule has 0 aliphatic carbocycles. The molecule has 0 amide bonds. The molecule has 0 saturated heterocycles. The predicted molar refractivity (Wildman–Crippen MR) is 58.5 cm³/mol. The van der Waals surface area contributed by atoms with Crippen molar-refractivity contribution in [3.63, 3.8) is 0 Å². The van der Waals surface area contributed by atoms with Gasteiger partial charge in [-0.15, -0.1) is 16.7 Å². The van der Waals surface area contributed by atoms with E-state index in [1.54, 1.807) is 0 Å². The van der Waals surface area contributed by atoms with Gasteiger partial charge >= 0.3 is 0 Å². The van der Waals surface area contributed by atoms with Gasteiger partial charge in [0.05, 0.1) is 5.69 Å². The topological polar surface area (TPSA) is 30.7 Å². The highest BCUT2D eigenvalue weighted by molar-refractivity contribution is 6.17. The van der Waals surface area contributed by atoms with Crippen LogP contribution in [0.5, 0.6) is 0 Å². The summed E-state index contributed by atoms with van der Waals surface area (Å²) in [4.78, 5) is 0. The summed E-state index contributed by atoms with van der Waals surface area (Å²) in [7, 11) is 0. The first-order chi connectivity index (χ1) is 6.72. The van der Waals surface area contributed by atoms with Crippen LogP contribution in [0.3, 0.4) is 0 Å². The molecule has 0 atom stereocenters. The molecule has 0 aliphatic heterocycles. The Balaban J connectivity index is 2.35. The Morgan fingerprint density at radius 3 is 2.93 bits per heavy atom. The van der Waals surface area contributed by atoms with Crippen LogP contribution in [-0.4, -0.2) is 20.9 Å². The lowest BCUT2D eigenvalue weighted by Gasteiger charge is -2.02. The van der Waals surface area contributed by atoms with E-state index in [-0.39, 0.29) is 0 Å². The first kappa shape index (κ1) is 11.5. The minimum atomic E-state index is 0.693. The van der Waals surface area contributed by atoms with Gasteiger partial charge in [0.1, 0.15) is 0 Å². The monoisotopic (exact) mass is 215 g/mol. The summed E-state index contributed by atoms with van der Waals surface area (Å²) >= 11 is 5.61. The molecular formula is C10H18ClN3. The Kier molecular flexibility index (Phi) is 4.94. The summed E-state index contributed by atoms with van der Waals surface area (Å²) in [5, 5.41) is 8.15. The molecule has 0 spiro atoms. The Bertz CT molecular complexity index is 258. The van der Waals surface area contributed by atoms with Gasteiger partial charge in [-0.3, -0.25) is 4.68 Å². The quantitative estimate of drug-likeness (QED) is 0.683. The highest BCUT2D eigenvalue weighted by Gasteiger charge is 2.01. The number of hydrogen-bond acceptors (Lipinski definition) is 2. The number of aryl methyl sites for hydroxylation is 2.